The Bertz CT molecular complexity index is 160. The van der Waals surface area contributed by atoms with Crippen LogP contribution in [0.3, 0.4) is 0 Å². The Kier molecular flexibility index (Phi) is 1.93. The summed E-state index contributed by atoms with van der Waals surface area (Å²) in [6, 6.07) is 0. The highest BCUT2D eigenvalue weighted by Gasteiger charge is 2.30. The number of allylic oxidation sites excluding steroid dienone is 2. The van der Waals surface area contributed by atoms with Crippen molar-refractivity contribution in [1.29, 1.82) is 0 Å². The van der Waals surface area contributed by atoms with Crippen LogP contribution in [-0.4, -0.2) is 6.29 Å². The fraction of sp³-hybridized carbons (Fsp3) is 0.667. The molecule has 0 spiro atoms. The van der Waals surface area contributed by atoms with Crippen molar-refractivity contribution in [2.24, 2.45) is 11.3 Å². The Morgan fingerprint density at radius 2 is 2.40 bits per heavy atom. The van der Waals surface area contributed by atoms with Gasteiger partial charge in [-0.3, -0.25) is 0 Å². The summed E-state index contributed by atoms with van der Waals surface area (Å²) in [6.45, 7) is 4.14. The van der Waals surface area contributed by atoms with Crippen LogP contribution in [0.2, 0.25) is 0 Å². The van der Waals surface area contributed by atoms with E-state index in [2.05, 4.69) is 19.1 Å². The standard InChI is InChI=1S/C9H14O/c1-8-5-3-4-6-9(8,2)7-10/h3,5,7-8H,4,6H2,1-2H3/t8-,9-/m0/s1. The van der Waals surface area contributed by atoms with Crippen molar-refractivity contribution in [2.45, 2.75) is 26.7 Å². The van der Waals surface area contributed by atoms with E-state index in [1.807, 2.05) is 6.92 Å². The lowest BCUT2D eigenvalue weighted by atomic mass is 9.73. The van der Waals surface area contributed by atoms with E-state index in [0.717, 1.165) is 19.1 Å². The summed E-state index contributed by atoms with van der Waals surface area (Å²) < 4.78 is 0. The molecule has 0 aromatic heterocycles. The predicted molar refractivity (Wildman–Crippen MR) is 41.7 cm³/mol. The van der Waals surface area contributed by atoms with E-state index in [1.54, 1.807) is 0 Å². The van der Waals surface area contributed by atoms with Gasteiger partial charge in [0.15, 0.2) is 0 Å². The van der Waals surface area contributed by atoms with Crippen LogP contribution in [0.4, 0.5) is 0 Å². The zero-order valence-electron chi connectivity index (χ0n) is 6.63. The van der Waals surface area contributed by atoms with Crippen molar-refractivity contribution < 1.29 is 4.79 Å². The SMILES string of the molecule is C[C@H]1C=CCC[C@@]1(C)C=O. The second-order valence-corrected chi connectivity index (χ2v) is 3.38. The van der Waals surface area contributed by atoms with Gasteiger partial charge in [0.25, 0.3) is 0 Å². The summed E-state index contributed by atoms with van der Waals surface area (Å²) in [4.78, 5) is 10.7. The van der Waals surface area contributed by atoms with Crippen LogP contribution in [0, 0.1) is 11.3 Å². The Morgan fingerprint density at radius 1 is 1.70 bits per heavy atom. The maximum atomic E-state index is 10.7. The molecule has 56 valence electrons. The fourth-order valence-corrected chi connectivity index (χ4v) is 1.31. The monoisotopic (exact) mass is 138 g/mol. The fourth-order valence-electron chi connectivity index (χ4n) is 1.31. The minimum absolute atomic E-state index is 0.0885. The average Bonchev–Trinajstić information content (AvgIpc) is 1.96. The molecule has 0 bridgehead atoms. The zero-order chi connectivity index (χ0) is 7.61. The molecule has 1 nitrogen and oxygen atoms in total. The van der Waals surface area contributed by atoms with E-state index in [1.165, 1.54) is 0 Å². The third-order valence-electron chi connectivity index (χ3n) is 2.58. The van der Waals surface area contributed by atoms with Crippen molar-refractivity contribution in [3.8, 4) is 0 Å². The molecule has 1 aliphatic carbocycles. The van der Waals surface area contributed by atoms with Gasteiger partial charge < -0.3 is 4.79 Å². The molecule has 1 aliphatic rings. The van der Waals surface area contributed by atoms with Crippen molar-refractivity contribution in [1.82, 2.24) is 0 Å². The maximum absolute atomic E-state index is 10.7. The van der Waals surface area contributed by atoms with Crippen molar-refractivity contribution in [3.63, 3.8) is 0 Å². The summed E-state index contributed by atoms with van der Waals surface area (Å²) in [5.41, 5.74) is -0.0885. The highest BCUT2D eigenvalue weighted by Crippen LogP contribution is 2.34. The average molecular weight is 138 g/mol. The van der Waals surface area contributed by atoms with E-state index < -0.39 is 0 Å². The summed E-state index contributed by atoms with van der Waals surface area (Å²) in [5.74, 6) is 0.416. The van der Waals surface area contributed by atoms with Gasteiger partial charge in [0.1, 0.15) is 6.29 Å². The van der Waals surface area contributed by atoms with Crippen molar-refractivity contribution in [2.75, 3.05) is 0 Å². The topological polar surface area (TPSA) is 17.1 Å². The minimum Gasteiger partial charge on any atom is -0.303 e. The molecule has 2 atom stereocenters. The molecule has 0 N–H and O–H groups in total. The molecule has 0 aromatic carbocycles. The first-order valence-electron chi connectivity index (χ1n) is 3.82. The van der Waals surface area contributed by atoms with Gasteiger partial charge in [-0.2, -0.15) is 0 Å². The van der Waals surface area contributed by atoms with Crippen LogP contribution in [0.1, 0.15) is 26.7 Å². The van der Waals surface area contributed by atoms with E-state index in [4.69, 9.17) is 0 Å². The van der Waals surface area contributed by atoms with Gasteiger partial charge in [0, 0.05) is 5.41 Å². The van der Waals surface area contributed by atoms with Gasteiger partial charge in [-0.15, -0.1) is 0 Å². The number of carbonyl (C=O) groups excluding carboxylic acids is 1. The first-order chi connectivity index (χ1) is 4.69. The molecule has 0 fully saturated rings. The molecular formula is C9H14O. The molecule has 0 amide bonds. The van der Waals surface area contributed by atoms with Gasteiger partial charge in [-0.05, 0) is 18.8 Å². The van der Waals surface area contributed by atoms with E-state index >= 15 is 0 Å². The first kappa shape index (κ1) is 7.52. The molecule has 0 aromatic rings. The number of hydrogen-bond donors (Lipinski definition) is 0. The third kappa shape index (κ3) is 1.13. The van der Waals surface area contributed by atoms with Crippen LogP contribution >= 0.6 is 0 Å². The lowest BCUT2D eigenvalue weighted by Gasteiger charge is -2.30. The van der Waals surface area contributed by atoms with Gasteiger partial charge in [0.2, 0.25) is 0 Å². The molecule has 0 heterocycles. The zero-order valence-corrected chi connectivity index (χ0v) is 6.63. The van der Waals surface area contributed by atoms with Crippen molar-refractivity contribution in [3.05, 3.63) is 12.2 Å². The number of hydrogen-bond acceptors (Lipinski definition) is 1. The second kappa shape index (κ2) is 2.57. The summed E-state index contributed by atoms with van der Waals surface area (Å²) in [5, 5.41) is 0. The molecule has 1 heteroatoms. The maximum Gasteiger partial charge on any atom is 0.126 e. The van der Waals surface area contributed by atoms with Crippen molar-refractivity contribution >= 4 is 6.29 Å². The van der Waals surface area contributed by atoms with Gasteiger partial charge in [-0.25, -0.2) is 0 Å². The number of rotatable bonds is 1. The third-order valence-corrected chi connectivity index (χ3v) is 2.58. The largest absolute Gasteiger partial charge is 0.303 e. The number of aldehydes is 1. The van der Waals surface area contributed by atoms with Crippen LogP contribution in [0.25, 0.3) is 0 Å². The summed E-state index contributed by atoms with van der Waals surface area (Å²) in [7, 11) is 0. The predicted octanol–water partition coefficient (Wildman–Crippen LogP) is 2.18. The Hall–Kier alpha value is -0.590. The quantitative estimate of drug-likeness (QED) is 0.401. The lowest BCUT2D eigenvalue weighted by molar-refractivity contribution is -0.117. The molecule has 0 aliphatic heterocycles. The van der Waals surface area contributed by atoms with E-state index in [0.29, 0.717) is 5.92 Å². The van der Waals surface area contributed by atoms with Crippen LogP contribution in [-0.2, 0) is 4.79 Å². The van der Waals surface area contributed by atoms with E-state index in [9.17, 15) is 4.79 Å². The Labute approximate surface area is 62.1 Å². The molecule has 0 unspecified atom stereocenters. The van der Waals surface area contributed by atoms with Crippen LogP contribution in [0.5, 0.6) is 0 Å². The summed E-state index contributed by atoms with van der Waals surface area (Å²) >= 11 is 0. The normalized spacial score (nSPS) is 39.6. The molecule has 0 radical (unpaired) electrons. The summed E-state index contributed by atoms with van der Waals surface area (Å²) in [6.07, 6.45) is 7.46. The highest BCUT2D eigenvalue weighted by molar-refractivity contribution is 5.60. The van der Waals surface area contributed by atoms with Gasteiger partial charge >= 0.3 is 0 Å². The second-order valence-electron chi connectivity index (χ2n) is 3.38. The lowest BCUT2D eigenvalue weighted by Crippen LogP contribution is -2.27. The van der Waals surface area contributed by atoms with Crippen LogP contribution in [0.15, 0.2) is 12.2 Å². The van der Waals surface area contributed by atoms with Crippen LogP contribution < -0.4 is 0 Å². The van der Waals surface area contributed by atoms with Gasteiger partial charge in [-0.1, -0.05) is 26.0 Å². The molecular weight excluding hydrogens is 124 g/mol. The van der Waals surface area contributed by atoms with Gasteiger partial charge in [0.05, 0.1) is 0 Å². The first-order valence-corrected chi connectivity index (χ1v) is 3.82. The number of carbonyl (C=O) groups is 1. The van der Waals surface area contributed by atoms with E-state index in [-0.39, 0.29) is 5.41 Å². The minimum atomic E-state index is -0.0885. The molecule has 0 saturated carbocycles. The smallest absolute Gasteiger partial charge is 0.126 e. The molecule has 0 saturated heterocycles. The Morgan fingerprint density at radius 3 is 2.80 bits per heavy atom. The molecule has 10 heavy (non-hydrogen) atoms. The highest BCUT2D eigenvalue weighted by atomic mass is 16.1. The Balaban J connectivity index is 2.77. The molecule has 1 rings (SSSR count).